The minimum absolute atomic E-state index is 0.0191. The number of carboxylic acids is 1. The third kappa shape index (κ3) is 2.67. The van der Waals surface area contributed by atoms with Crippen molar-refractivity contribution >= 4 is 23.5 Å². The summed E-state index contributed by atoms with van der Waals surface area (Å²) in [7, 11) is 0. The maximum Gasteiger partial charge on any atom is 0.311 e. The van der Waals surface area contributed by atoms with E-state index in [1.165, 1.54) is 0 Å². The van der Waals surface area contributed by atoms with Gasteiger partial charge in [0.25, 0.3) is 5.91 Å². The van der Waals surface area contributed by atoms with Crippen LogP contribution in [0.1, 0.15) is 37.7 Å². The van der Waals surface area contributed by atoms with Crippen LogP contribution in [0, 0.1) is 11.3 Å². The number of carbonyl (C=O) groups is 2. The first-order valence-corrected chi connectivity index (χ1v) is 7.58. The molecule has 0 radical (unpaired) electrons. The first kappa shape index (κ1) is 15.9. The average molecular weight is 313 g/mol. The summed E-state index contributed by atoms with van der Waals surface area (Å²) in [6.45, 7) is 7.10. The van der Waals surface area contributed by atoms with Gasteiger partial charge in [0.15, 0.2) is 0 Å². The van der Waals surface area contributed by atoms with Crippen molar-refractivity contribution < 1.29 is 14.7 Å². The Bertz CT molecular complexity index is 567. The first-order chi connectivity index (χ1) is 9.81. The molecule has 116 valence electrons. The van der Waals surface area contributed by atoms with Gasteiger partial charge in [-0.1, -0.05) is 25.4 Å². The van der Waals surface area contributed by atoms with Crippen LogP contribution in [0.25, 0.3) is 0 Å². The average Bonchev–Trinajstić information content (AvgIpc) is 3.02. The van der Waals surface area contributed by atoms with Gasteiger partial charge in [0.05, 0.1) is 10.4 Å². The second kappa shape index (κ2) is 5.72. The molecule has 0 aromatic carbocycles. The molecule has 1 amide bonds. The van der Waals surface area contributed by atoms with Crippen molar-refractivity contribution in [1.29, 1.82) is 0 Å². The van der Waals surface area contributed by atoms with Crippen molar-refractivity contribution in [3.63, 3.8) is 0 Å². The molecule has 2 rings (SSSR count). The predicted octanol–water partition coefficient (Wildman–Crippen LogP) is 2.73. The smallest absolute Gasteiger partial charge is 0.311 e. The lowest BCUT2D eigenvalue weighted by molar-refractivity contribution is -0.150. The largest absolute Gasteiger partial charge is 0.481 e. The van der Waals surface area contributed by atoms with Crippen LogP contribution in [0.3, 0.4) is 0 Å². The van der Waals surface area contributed by atoms with Gasteiger partial charge in [0, 0.05) is 25.8 Å². The molecule has 1 atom stereocenters. The van der Waals surface area contributed by atoms with E-state index < -0.39 is 11.4 Å². The fraction of sp³-hybridized carbons (Fsp3) is 0.600. The summed E-state index contributed by atoms with van der Waals surface area (Å²) in [5.41, 5.74) is -0.323. The number of hydrogen-bond donors (Lipinski definition) is 1. The molecular formula is C15H21ClN2O3. The number of aliphatic carboxylic acids is 1. The Morgan fingerprint density at radius 3 is 2.62 bits per heavy atom. The van der Waals surface area contributed by atoms with E-state index in [2.05, 4.69) is 0 Å². The lowest BCUT2D eigenvalue weighted by atomic mass is 9.76. The summed E-state index contributed by atoms with van der Waals surface area (Å²) < 4.78 is 1.79. The van der Waals surface area contributed by atoms with Crippen LogP contribution in [0.4, 0.5) is 0 Å². The Morgan fingerprint density at radius 2 is 2.14 bits per heavy atom. The standard InChI is InChI=1S/C15H21ClN2O3/c1-4-17-8-11(16)7-12(17)13(19)18-6-5-15(9-18,10(2)3)14(20)21/h7-8,10H,4-6,9H2,1-3H3,(H,20,21). The third-order valence-electron chi connectivity index (χ3n) is 4.54. The quantitative estimate of drug-likeness (QED) is 0.930. The van der Waals surface area contributed by atoms with Gasteiger partial charge >= 0.3 is 5.97 Å². The molecule has 1 fully saturated rings. The van der Waals surface area contributed by atoms with E-state index in [9.17, 15) is 14.7 Å². The minimum Gasteiger partial charge on any atom is -0.481 e. The molecule has 1 saturated heterocycles. The molecule has 21 heavy (non-hydrogen) atoms. The Kier molecular flexibility index (Phi) is 4.33. The molecule has 1 unspecified atom stereocenters. The number of nitrogens with zero attached hydrogens (tertiary/aromatic N) is 2. The maximum atomic E-state index is 12.6. The summed E-state index contributed by atoms with van der Waals surface area (Å²) in [5.74, 6) is -0.987. The Hall–Kier alpha value is -1.49. The molecule has 1 aliphatic heterocycles. The third-order valence-corrected chi connectivity index (χ3v) is 4.75. The molecule has 1 aromatic rings. The number of likely N-dealkylation sites (tertiary alicyclic amines) is 1. The molecule has 1 N–H and O–H groups in total. The van der Waals surface area contributed by atoms with Gasteiger partial charge in [-0.25, -0.2) is 0 Å². The Balaban J connectivity index is 2.24. The SMILES string of the molecule is CCn1cc(Cl)cc1C(=O)N1CCC(C(=O)O)(C(C)C)C1. The number of amides is 1. The van der Waals surface area contributed by atoms with E-state index in [1.807, 2.05) is 20.8 Å². The molecule has 0 spiro atoms. The molecule has 1 aromatic heterocycles. The zero-order chi connectivity index (χ0) is 15.8. The van der Waals surface area contributed by atoms with Gasteiger partial charge < -0.3 is 14.6 Å². The topological polar surface area (TPSA) is 62.5 Å². The van der Waals surface area contributed by atoms with Crippen LogP contribution >= 0.6 is 11.6 Å². The van der Waals surface area contributed by atoms with Crippen LogP contribution in [0.5, 0.6) is 0 Å². The maximum absolute atomic E-state index is 12.6. The van der Waals surface area contributed by atoms with Gasteiger partial charge in [-0.2, -0.15) is 0 Å². The van der Waals surface area contributed by atoms with E-state index >= 15 is 0 Å². The predicted molar refractivity (Wildman–Crippen MR) is 80.5 cm³/mol. The first-order valence-electron chi connectivity index (χ1n) is 7.20. The number of aryl methyl sites for hydroxylation is 1. The highest BCUT2D eigenvalue weighted by molar-refractivity contribution is 6.31. The summed E-state index contributed by atoms with van der Waals surface area (Å²) in [6, 6.07) is 1.64. The van der Waals surface area contributed by atoms with E-state index in [1.54, 1.807) is 21.7 Å². The molecule has 5 nitrogen and oxygen atoms in total. The van der Waals surface area contributed by atoms with E-state index in [0.717, 1.165) is 0 Å². The molecule has 6 heteroatoms. The number of carbonyl (C=O) groups excluding carboxylic acids is 1. The van der Waals surface area contributed by atoms with Crippen molar-refractivity contribution in [2.45, 2.75) is 33.7 Å². The van der Waals surface area contributed by atoms with Crippen LogP contribution in [-0.4, -0.2) is 39.5 Å². The molecule has 0 saturated carbocycles. The second-order valence-corrected chi connectivity index (χ2v) is 6.36. The zero-order valence-electron chi connectivity index (χ0n) is 12.6. The van der Waals surface area contributed by atoms with Crippen molar-refractivity contribution in [1.82, 2.24) is 9.47 Å². The number of hydrogen-bond acceptors (Lipinski definition) is 2. The van der Waals surface area contributed by atoms with Gasteiger partial charge in [0.2, 0.25) is 0 Å². The lowest BCUT2D eigenvalue weighted by Gasteiger charge is -2.28. The van der Waals surface area contributed by atoms with Crippen molar-refractivity contribution in [3.05, 3.63) is 23.0 Å². The lowest BCUT2D eigenvalue weighted by Crippen LogP contribution is -2.41. The van der Waals surface area contributed by atoms with Gasteiger partial charge in [-0.3, -0.25) is 9.59 Å². The zero-order valence-corrected chi connectivity index (χ0v) is 13.4. The summed E-state index contributed by atoms with van der Waals surface area (Å²) in [5, 5.41) is 10.1. The highest BCUT2D eigenvalue weighted by Crippen LogP contribution is 2.38. The minimum atomic E-state index is -0.844. The monoisotopic (exact) mass is 312 g/mol. The highest BCUT2D eigenvalue weighted by atomic mass is 35.5. The number of halogens is 1. The number of aromatic nitrogens is 1. The highest BCUT2D eigenvalue weighted by Gasteiger charge is 2.48. The Labute approximate surface area is 129 Å². The summed E-state index contributed by atoms with van der Waals surface area (Å²) >= 11 is 5.97. The summed E-state index contributed by atoms with van der Waals surface area (Å²) in [6.07, 6.45) is 2.21. The summed E-state index contributed by atoms with van der Waals surface area (Å²) in [4.78, 5) is 25.9. The van der Waals surface area contributed by atoms with Crippen LogP contribution < -0.4 is 0 Å². The Morgan fingerprint density at radius 1 is 1.48 bits per heavy atom. The van der Waals surface area contributed by atoms with E-state index in [4.69, 9.17) is 11.6 Å². The van der Waals surface area contributed by atoms with Gasteiger partial charge in [0.1, 0.15) is 5.69 Å². The molecule has 1 aliphatic rings. The molecule has 2 heterocycles. The fourth-order valence-corrected chi connectivity index (χ4v) is 3.20. The molecule has 0 bridgehead atoms. The normalized spacial score (nSPS) is 22.0. The van der Waals surface area contributed by atoms with Gasteiger partial charge in [-0.15, -0.1) is 0 Å². The van der Waals surface area contributed by atoms with Crippen molar-refractivity contribution in [3.8, 4) is 0 Å². The van der Waals surface area contributed by atoms with E-state index in [-0.39, 0.29) is 18.4 Å². The molecular weight excluding hydrogens is 292 g/mol. The number of carboxylic acid groups (broad SMARTS) is 1. The second-order valence-electron chi connectivity index (χ2n) is 5.92. The van der Waals surface area contributed by atoms with Crippen LogP contribution in [0.15, 0.2) is 12.3 Å². The number of rotatable bonds is 4. The van der Waals surface area contributed by atoms with Crippen LogP contribution in [0.2, 0.25) is 5.02 Å². The van der Waals surface area contributed by atoms with Crippen molar-refractivity contribution in [2.24, 2.45) is 11.3 Å². The van der Waals surface area contributed by atoms with Gasteiger partial charge in [-0.05, 0) is 25.3 Å². The molecule has 0 aliphatic carbocycles. The van der Waals surface area contributed by atoms with E-state index in [0.29, 0.717) is 30.2 Å². The van der Waals surface area contributed by atoms with Crippen molar-refractivity contribution in [2.75, 3.05) is 13.1 Å². The van der Waals surface area contributed by atoms with Crippen LogP contribution in [-0.2, 0) is 11.3 Å². The fourth-order valence-electron chi connectivity index (χ4n) is 2.98.